The maximum atomic E-state index is 2.79. The molecule has 214 valence electrons. The van der Waals surface area contributed by atoms with Crippen LogP contribution >= 0.6 is 15.8 Å². The first-order valence-corrected chi connectivity index (χ1v) is 20.1. The van der Waals surface area contributed by atoms with Gasteiger partial charge in [0.05, 0.1) is 0 Å². The lowest BCUT2D eigenvalue weighted by Gasteiger charge is -2.63. The van der Waals surface area contributed by atoms with Crippen molar-refractivity contribution in [2.24, 2.45) is 53.3 Å². The molecular formula is C39H48P2. The van der Waals surface area contributed by atoms with Gasteiger partial charge in [-0.2, -0.15) is 0 Å². The van der Waals surface area contributed by atoms with Crippen molar-refractivity contribution < 1.29 is 0 Å². The molecule has 0 N–H and O–H groups in total. The van der Waals surface area contributed by atoms with Gasteiger partial charge >= 0.3 is 0 Å². The van der Waals surface area contributed by atoms with Crippen LogP contribution in [0.15, 0.2) is 84.2 Å². The predicted molar refractivity (Wildman–Crippen MR) is 178 cm³/mol. The smallest absolute Gasteiger partial charge is 0.00969 e. The highest BCUT2D eigenvalue weighted by Crippen LogP contribution is 2.74. The summed E-state index contributed by atoms with van der Waals surface area (Å²) in [5.74, 6) is 9.26. The summed E-state index contributed by atoms with van der Waals surface area (Å²) < 4.78 is 0. The monoisotopic (exact) mass is 578 g/mol. The normalized spacial score (nSPS) is 43.1. The molecule has 2 aromatic rings. The van der Waals surface area contributed by atoms with Crippen molar-refractivity contribution in [1.29, 1.82) is 0 Å². The minimum absolute atomic E-state index is 0.00361. The second-order valence-electron chi connectivity index (χ2n) is 15.5. The van der Waals surface area contributed by atoms with Gasteiger partial charge < -0.3 is 0 Å². The summed E-state index contributed by atoms with van der Waals surface area (Å²) in [6.07, 6.45) is 23.7. The highest BCUT2D eigenvalue weighted by Gasteiger charge is 2.58. The van der Waals surface area contributed by atoms with E-state index in [-0.39, 0.29) is 7.92 Å². The molecule has 2 aromatic carbocycles. The van der Waals surface area contributed by atoms with Crippen LogP contribution in [0.1, 0.15) is 71.1 Å². The molecule has 0 aliphatic heterocycles. The van der Waals surface area contributed by atoms with Gasteiger partial charge in [-0.05, 0) is 152 Å². The molecule has 2 heteroatoms. The molecule has 41 heavy (non-hydrogen) atoms. The minimum atomic E-state index is -0.498. The zero-order valence-electron chi connectivity index (χ0n) is 24.9. The van der Waals surface area contributed by atoms with Gasteiger partial charge in [0.1, 0.15) is 0 Å². The molecule has 8 fully saturated rings. The third kappa shape index (κ3) is 4.43. The number of rotatable bonds is 7. The van der Waals surface area contributed by atoms with E-state index >= 15 is 0 Å². The predicted octanol–water partition coefficient (Wildman–Crippen LogP) is 9.71. The lowest BCUT2D eigenvalue weighted by molar-refractivity contribution is 0.0124. The average molecular weight is 579 g/mol. The van der Waals surface area contributed by atoms with Gasteiger partial charge in [-0.25, -0.2) is 0 Å². The molecule has 8 saturated carbocycles. The van der Waals surface area contributed by atoms with E-state index in [0.717, 1.165) is 64.3 Å². The Hall–Kier alpha value is -1.22. The number of hydrogen-bond acceptors (Lipinski definition) is 0. The van der Waals surface area contributed by atoms with Gasteiger partial charge in [-0.1, -0.05) is 93.7 Å². The highest BCUT2D eigenvalue weighted by atomic mass is 31.1. The Labute approximate surface area is 251 Å². The Morgan fingerprint density at radius 1 is 0.561 bits per heavy atom. The summed E-state index contributed by atoms with van der Waals surface area (Å²) in [6.45, 7) is 2.79. The Morgan fingerprint density at radius 3 is 1.39 bits per heavy atom. The van der Waals surface area contributed by atoms with Crippen LogP contribution in [0, 0.1) is 53.3 Å². The van der Waals surface area contributed by atoms with Gasteiger partial charge in [0.15, 0.2) is 0 Å². The van der Waals surface area contributed by atoms with Crippen LogP contribution in [0.2, 0.25) is 0 Å². The topological polar surface area (TPSA) is 0 Å². The van der Waals surface area contributed by atoms with Crippen LogP contribution in [0.5, 0.6) is 0 Å². The Kier molecular flexibility index (Phi) is 6.68. The summed E-state index contributed by atoms with van der Waals surface area (Å²) in [5.41, 5.74) is 2.97. The molecule has 2 atom stereocenters. The zero-order valence-corrected chi connectivity index (χ0v) is 26.7. The summed E-state index contributed by atoms with van der Waals surface area (Å²) in [4.78, 5) is 0. The molecule has 0 amide bonds. The highest BCUT2D eigenvalue weighted by molar-refractivity contribution is 7.76. The molecule has 0 nitrogen and oxygen atoms in total. The van der Waals surface area contributed by atoms with E-state index in [9.17, 15) is 0 Å². The van der Waals surface area contributed by atoms with Gasteiger partial charge in [-0.3, -0.25) is 0 Å². The summed E-state index contributed by atoms with van der Waals surface area (Å²) in [5, 5.41) is 4.83. The number of hydrogen-bond donors (Lipinski definition) is 0. The first kappa shape index (κ1) is 26.2. The van der Waals surface area contributed by atoms with Crippen molar-refractivity contribution in [1.82, 2.24) is 0 Å². The van der Waals surface area contributed by atoms with Crippen LogP contribution in [0.25, 0.3) is 0 Å². The second kappa shape index (κ2) is 10.4. The lowest BCUT2D eigenvalue weighted by Crippen LogP contribution is -2.54. The van der Waals surface area contributed by atoms with Crippen LogP contribution in [-0.4, -0.2) is 17.0 Å². The molecule has 0 radical (unpaired) electrons. The van der Waals surface area contributed by atoms with E-state index in [1.807, 2.05) is 0 Å². The van der Waals surface area contributed by atoms with Crippen molar-refractivity contribution in [2.45, 2.75) is 88.1 Å². The maximum Gasteiger partial charge on any atom is 0.00969 e. The van der Waals surface area contributed by atoms with Crippen molar-refractivity contribution in [3.8, 4) is 0 Å². The van der Waals surface area contributed by atoms with Gasteiger partial charge in [0, 0.05) is 5.92 Å². The first-order chi connectivity index (χ1) is 20.2. The summed E-state index contributed by atoms with van der Waals surface area (Å²) in [6, 6.07) is 23.1. The fourth-order valence-corrected chi connectivity index (χ4v) is 20.2. The third-order valence-electron chi connectivity index (χ3n) is 13.2. The standard InChI is InChI=1S/C39H48P2/c1-25(36-13-8-14-37(36)41(34-9-4-2-5-10-34)35-11-6-3-7-12-35)40(38-30-17-26-15-27(19-30)20-31(38)18-26)39-32-21-28-16-29(23-32)24-33(39)22-28/h2-14,25-33,36,38-39H,15-24H2,1H3. The lowest BCUT2D eigenvalue weighted by atomic mass is 9.55. The SMILES string of the molecule is CC(C1C=CC=C1P(c1ccccc1)c1ccccc1)P(C1C2CC3CC(C2)CC1C3)C1C2CC3CC(C2)CC1C3. The first-order valence-electron chi connectivity index (χ1n) is 17.3. The van der Waals surface area contributed by atoms with E-state index in [1.54, 1.807) is 69.5 Å². The van der Waals surface area contributed by atoms with E-state index in [2.05, 4.69) is 85.8 Å². The van der Waals surface area contributed by atoms with Crippen LogP contribution in [0.4, 0.5) is 0 Å². The van der Waals surface area contributed by atoms with E-state index < -0.39 is 7.92 Å². The number of allylic oxidation sites excluding steroid dienone is 4. The van der Waals surface area contributed by atoms with Crippen molar-refractivity contribution in [3.05, 3.63) is 84.2 Å². The molecule has 8 bridgehead atoms. The van der Waals surface area contributed by atoms with E-state index in [0.29, 0.717) is 5.92 Å². The van der Waals surface area contributed by atoms with Crippen LogP contribution in [0.3, 0.4) is 0 Å². The summed E-state index contributed by atoms with van der Waals surface area (Å²) >= 11 is 0. The Morgan fingerprint density at radius 2 is 0.976 bits per heavy atom. The second-order valence-corrected chi connectivity index (χ2v) is 20.7. The molecule has 0 saturated heterocycles. The molecule has 0 aromatic heterocycles. The molecule has 9 aliphatic rings. The van der Waals surface area contributed by atoms with E-state index in [4.69, 9.17) is 0 Å². The quantitative estimate of drug-likeness (QED) is 0.287. The molecule has 2 unspecified atom stereocenters. The largest absolute Gasteiger partial charge is 0.0954 e. The molecule has 9 aliphatic carbocycles. The molecule has 11 rings (SSSR count). The van der Waals surface area contributed by atoms with Crippen molar-refractivity contribution >= 4 is 26.5 Å². The Balaban J connectivity index is 1.11. The zero-order chi connectivity index (χ0) is 27.1. The van der Waals surface area contributed by atoms with Gasteiger partial charge in [0.25, 0.3) is 0 Å². The summed E-state index contributed by atoms with van der Waals surface area (Å²) in [7, 11) is -0.502. The van der Waals surface area contributed by atoms with Crippen molar-refractivity contribution in [2.75, 3.05) is 0 Å². The van der Waals surface area contributed by atoms with Crippen molar-refractivity contribution in [3.63, 3.8) is 0 Å². The molecular weight excluding hydrogens is 530 g/mol. The average Bonchev–Trinajstić information content (AvgIpc) is 3.45. The maximum absolute atomic E-state index is 2.79. The molecule has 0 heterocycles. The minimum Gasteiger partial charge on any atom is -0.0954 e. The molecule has 0 spiro atoms. The number of benzene rings is 2. The fraction of sp³-hybridized carbons (Fsp3) is 0.590. The van der Waals surface area contributed by atoms with E-state index in [1.165, 1.54) is 10.6 Å². The van der Waals surface area contributed by atoms with Gasteiger partial charge in [0.2, 0.25) is 0 Å². The van der Waals surface area contributed by atoms with Gasteiger partial charge in [-0.15, -0.1) is 0 Å². The van der Waals surface area contributed by atoms with Crippen LogP contribution < -0.4 is 10.6 Å². The fourth-order valence-electron chi connectivity index (χ4n) is 12.4. The van der Waals surface area contributed by atoms with Crippen LogP contribution in [-0.2, 0) is 0 Å². The third-order valence-corrected chi connectivity index (χ3v) is 20.2. The Bertz CT molecular complexity index is 1170.